The van der Waals surface area contributed by atoms with Gasteiger partial charge in [0.1, 0.15) is 11.6 Å². The number of hydrogen-bond donors (Lipinski definition) is 0. The highest BCUT2D eigenvalue weighted by Crippen LogP contribution is 2.14. The highest BCUT2D eigenvalue weighted by Gasteiger charge is 2.10. The fraction of sp³-hybridized carbons (Fsp3) is 0.188. The Balaban J connectivity index is 1.75. The number of nitro groups is 1. The van der Waals surface area contributed by atoms with Crippen LogP contribution in [0.3, 0.4) is 0 Å². The van der Waals surface area contributed by atoms with E-state index < -0.39 is 10.9 Å². The Morgan fingerprint density at radius 1 is 1.25 bits per heavy atom. The monoisotopic (exact) mass is 327 g/mol. The van der Waals surface area contributed by atoms with E-state index >= 15 is 0 Å². The summed E-state index contributed by atoms with van der Waals surface area (Å²) >= 11 is 0. The number of nitriles is 1. The average Bonchev–Trinajstić information content (AvgIpc) is 2.61. The second kappa shape index (κ2) is 8.24. The van der Waals surface area contributed by atoms with Gasteiger partial charge < -0.3 is 9.47 Å². The first kappa shape index (κ1) is 16.9. The molecule has 8 nitrogen and oxygen atoms in total. The molecule has 0 atom stereocenters. The maximum Gasteiger partial charge on any atom is 0.338 e. The summed E-state index contributed by atoms with van der Waals surface area (Å²) in [7, 11) is 0. The minimum atomic E-state index is -0.569. The van der Waals surface area contributed by atoms with Crippen molar-refractivity contribution in [3.8, 4) is 11.9 Å². The predicted octanol–water partition coefficient (Wildman–Crippen LogP) is 2.49. The number of hydrogen-bond acceptors (Lipinski definition) is 7. The quantitative estimate of drug-likeness (QED) is 0.332. The van der Waals surface area contributed by atoms with Gasteiger partial charge in [-0.25, -0.2) is 9.78 Å². The molecule has 0 amide bonds. The Hall–Kier alpha value is -3.47. The van der Waals surface area contributed by atoms with Crippen LogP contribution in [0.5, 0.6) is 5.88 Å². The SMILES string of the molecule is N#Cc1cccnc1OCCCOC(=O)c1ccc([N+](=O)[O-])cc1. The van der Waals surface area contributed by atoms with Crippen molar-refractivity contribution in [3.05, 3.63) is 63.8 Å². The molecule has 0 fully saturated rings. The predicted molar refractivity (Wildman–Crippen MR) is 82.4 cm³/mol. The third kappa shape index (κ3) is 4.51. The van der Waals surface area contributed by atoms with E-state index in [1.54, 1.807) is 12.1 Å². The number of aromatic nitrogens is 1. The molecule has 8 heteroatoms. The Morgan fingerprint density at radius 2 is 2.00 bits per heavy atom. The first-order chi connectivity index (χ1) is 11.6. The van der Waals surface area contributed by atoms with E-state index in [0.29, 0.717) is 12.0 Å². The molecule has 122 valence electrons. The van der Waals surface area contributed by atoms with Gasteiger partial charge in [-0.1, -0.05) is 0 Å². The van der Waals surface area contributed by atoms with E-state index in [9.17, 15) is 14.9 Å². The van der Waals surface area contributed by atoms with Gasteiger partial charge in [0.2, 0.25) is 5.88 Å². The molecular formula is C16H13N3O5. The molecule has 0 saturated carbocycles. The summed E-state index contributed by atoms with van der Waals surface area (Å²) in [6, 6.07) is 10.4. The summed E-state index contributed by atoms with van der Waals surface area (Å²) in [6.45, 7) is 0.351. The van der Waals surface area contributed by atoms with Crippen LogP contribution in [-0.4, -0.2) is 29.1 Å². The molecule has 1 aromatic carbocycles. The molecule has 0 saturated heterocycles. The number of nitrogens with zero attached hydrogens (tertiary/aromatic N) is 3. The molecule has 1 aromatic heterocycles. The van der Waals surface area contributed by atoms with E-state index in [0.717, 1.165) is 0 Å². The fourth-order valence-corrected chi connectivity index (χ4v) is 1.79. The Labute approximate surface area is 137 Å². The fourth-order valence-electron chi connectivity index (χ4n) is 1.79. The van der Waals surface area contributed by atoms with Gasteiger partial charge >= 0.3 is 5.97 Å². The summed E-state index contributed by atoms with van der Waals surface area (Å²) in [4.78, 5) is 25.7. The lowest BCUT2D eigenvalue weighted by Gasteiger charge is -2.07. The Morgan fingerprint density at radius 3 is 2.67 bits per heavy atom. The van der Waals surface area contributed by atoms with Crippen LogP contribution >= 0.6 is 0 Å². The molecular weight excluding hydrogens is 314 g/mol. The zero-order chi connectivity index (χ0) is 17.4. The number of rotatable bonds is 7. The third-order valence-electron chi connectivity index (χ3n) is 2.97. The zero-order valence-electron chi connectivity index (χ0n) is 12.5. The molecule has 0 N–H and O–H groups in total. The van der Waals surface area contributed by atoms with Gasteiger partial charge in [-0.15, -0.1) is 0 Å². The van der Waals surface area contributed by atoms with Crippen molar-refractivity contribution >= 4 is 11.7 Å². The van der Waals surface area contributed by atoms with Crippen molar-refractivity contribution in [2.75, 3.05) is 13.2 Å². The van der Waals surface area contributed by atoms with Gasteiger partial charge in [-0.2, -0.15) is 5.26 Å². The zero-order valence-corrected chi connectivity index (χ0v) is 12.5. The van der Waals surface area contributed by atoms with Crippen LogP contribution in [0, 0.1) is 21.4 Å². The summed E-state index contributed by atoms with van der Waals surface area (Å²) < 4.78 is 10.4. The van der Waals surface area contributed by atoms with E-state index in [4.69, 9.17) is 14.7 Å². The van der Waals surface area contributed by atoms with Crippen molar-refractivity contribution in [2.24, 2.45) is 0 Å². The van der Waals surface area contributed by atoms with Gasteiger partial charge in [0.15, 0.2) is 0 Å². The third-order valence-corrected chi connectivity index (χ3v) is 2.97. The molecule has 2 rings (SSSR count). The molecule has 0 unspecified atom stereocenters. The number of non-ortho nitro benzene ring substituents is 1. The topological polar surface area (TPSA) is 115 Å². The number of carbonyl (C=O) groups is 1. The number of esters is 1. The number of carbonyl (C=O) groups excluding carboxylic acids is 1. The van der Waals surface area contributed by atoms with Gasteiger partial charge in [0.05, 0.1) is 23.7 Å². The highest BCUT2D eigenvalue weighted by atomic mass is 16.6. The summed E-state index contributed by atoms with van der Waals surface area (Å²) in [6.07, 6.45) is 1.94. The van der Waals surface area contributed by atoms with Crippen molar-refractivity contribution in [1.82, 2.24) is 4.98 Å². The lowest BCUT2D eigenvalue weighted by molar-refractivity contribution is -0.384. The van der Waals surface area contributed by atoms with Crippen LogP contribution in [0.1, 0.15) is 22.3 Å². The molecule has 0 spiro atoms. The summed E-state index contributed by atoms with van der Waals surface area (Å²) in [5.41, 5.74) is 0.474. The normalized spacial score (nSPS) is 9.79. The number of pyridine rings is 1. The second-order valence-electron chi connectivity index (χ2n) is 4.61. The standard InChI is InChI=1S/C16H13N3O5/c17-11-13-3-1-8-18-15(13)23-9-2-10-24-16(20)12-4-6-14(7-5-12)19(21)22/h1,3-8H,2,9-10H2. The highest BCUT2D eigenvalue weighted by molar-refractivity contribution is 5.89. The molecule has 1 heterocycles. The lowest BCUT2D eigenvalue weighted by Crippen LogP contribution is -2.10. The van der Waals surface area contributed by atoms with Crippen LogP contribution in [0.4, 0.5) is 5.69 Å². The lowest BCUT2D eigenvalue weighted by atomic mass is 10.2. The van der Waals surface area contributed by atoms with Gasteiger partial charge in [0.25, 0.3) is 5.69 Å². The molecule has 0 aliphatic heterocycles. The van der Waals surface area contributed by atoms with Gasteiger partial charge in [-0.05, 0) is 24.3 Å². The van der Waals surface area contributed by atoms with E-state index in [1.807, 2.05) is 6.07 Å². The Bertz CT molecular complexity index is 768. The molecule has 0 aliphatic rings. The molecule has 2 aromatic rings. The molecule has 0 radical (unpaired) electrons. The van der Waals surface area contributed by atoms with E-state index in [-0.39, 0.29) is 30.3 Å². The van der Waals surface area contributed by atoms with Crippen LogP contribution < -0.4 is 4.74 Å². The smallest absolute Gasteiger partial charge is 0.338 e. The maximum absolute atomic E-state index is 11.8. The minimum Gasteiger partial charge on any atom is -0.477 e. The molecule has 0 aliphatic carbocycles. The Kier molecular flexibility index (Phi) is 5.80. The first-order valence-electron chi connectivity index (χ1n) is 7.01. The largest absolute Gasteiger partial charge is 0.477 e. The second-order valence-corrected chi connectivity index (χ2v) is 4.61. The summed E-state index contributed by atoms with van der Waals surface area (Å²) in [5, 5.41) is 19.4. The first-order valence-corrected chi connectivity index (χ1v) is 7.01. The van der Waals surface area contributed by atoms with Crippen molar-refractivity contribution in [1.29, 1.82) is 5.26 Å². The van der Waals surface area contributed by atoms with Gasteiger partial charge in [-0.3, -0.25) is 10.1 Å². The number of benzene rings is 1. The maximum atomic E-state index is 11.8. The minimum absolute atomic E-state index is 0.0939. The summed E-state index contributed by atoms with van der Waals surface area (Å²) in [5.74, 6) is -0.331. The van der Waals surface area contributed by atoms with Crippen molar-refractivity contribution in [2.45, 2.75) is 6.42 Å². The number of ether oxygens (including phenoxy) is 2. The van der Waals surface area contributed by atoms with Crippen LogP contribution in [-0.2, 0) is 4.74 Å². The van der Waals surface area contributed by atoms with Crippen LogP contribution in [0.15, 0.2) is 42.6 Å². The average molecular weight is 327 g/mol. The van der Waals surface area contributed by atoms with Crippen LogP contribution in [0.2, 0.25) is 0 Å². The number of nitro benzene ring substituents is 1. The van der Waals surface area contributed by atoms with Gasteiger partial charge in [0, 0.05) is 24.8 Å². The molecule has 24 heavy (non-hydrogen) atoms. The van der Waals surface area contributed by atoms with Crippen molar-refractivity contribution < 1.29 is 19.2 Å². The van der Waals surface area contributed by atoms with E-state index in [2.05, 4.69) is 4.98 Å². The van der Waals surface area contributed by atoms with Crippen molar-refractivity contribution in [3.63, 3.8) is 0 Å². The van der Waals surface area contributed by atoms with E-state index in [1.165, 1.54) is 30.5 Å². The molecule has 0 bridgehead atoms. The van der Waals surface area contributed by atoms with Crippen LogP contribution in [0.25, 0.3) is 0 Å².